The molecule has 0 aliphatic heterocycles. The molecule has 0 aromatic heterocycles. The fourth-order valence-electron chi connectivity index (χ4n) is 1.04. The van der Waals surface area contributed by atoms with Gasteiger partial charge in [-0.05, 0) is 6.92 Å². The van der Waals surface area contributed by atoms with Crippen molar-refractivity contribution in [3.63, 3.8) is 0 Å². The zero-order valence-electron chi connectivity index (χ0n) is 7.64. The van der Waals surface area contributed by atoms with E-state index in [9.17, 15) is 10.0 Å². The van der Waals surface area contributed by atoms with Crippen molar-refractivity contribution in [3.8, 4) is 0 Å². The van der Waals surface area contributed by atoms with Crippen LogP contribution in [0.4, 0.5) is 0 Å². The molecule has 0 saturated heterocycles. The molecule has 0 spiro atoms. The van der Waals surface area contributed by atoms with E-state index < -0.39 is 11.5 Å². The molecule has 1 aromatic rings. The Labute approximate surface area is 81.0 Å². The van der Waals surface area contributed by atoms with Gasteiger partial charge in [0.2, 0.25) is 0 Å². The van der Waals surface area contributed by atoms with Crippen LogP contribution in [0, 0.1) is 5.21 Å². The van der Waals surface area contributed by atoms with Crippen molar-refractivity contribution in [1.29, 1.82) is 0 Å². The monoisotopic (exact) mass is 197 g/mol. The highest BCUT2D eigenvalue weighted by Gasteiger charge is 2.18. The molecular formula is C9H11NO4. The summed E-state index contributed by atoms with van der Waals surface area (Å²) in [4.78, 5) is 15.8. The number of ketones is 1. The van der Waals surface area contributed by atoms with Gasteiger partial charge in [0.25, 0.3) is 0 Å². The highest BCUT2D eigenvalue weighted by atomic mass is 17.1. The Kier molecular flexibility index (Phi) is 3.73. The summed E-state index contributed by atoms with van der Waals surface area (Å²) in [6.45, 7) is 1.41. The Hall–Kier alpha value is -1.27. The van der Waals surface area contributed by atoms with Gasteiger partial charge in [-0.15, -0.1) is 0 Å². The Bertz CT molecular complexity index is 299. The minimum Gasteiger partial charge on any atom is -0.566 e. The van der Waals surface area contributed by atoms with E-state index in [4.69, 9.17) is 5.21 Å². The number of quaternary nitrogens is 1. The molecule has 5 heteroatoms. The Morgan fingerprint density at radius 1 is 1.50 bits per heavy atom. The topological polar surface area (TPSA) is 74.0 Å². The number of carbonyl (C=O) groups excluding carboxylic acids is 1. The molecule has 0 fully saturated rings. The first-order valence-electron chi connectivity index (χ1n) is 4.10. The van der Waals surface area contributed by atoms with E-state index >= 15 is 0 Å². The van der Waals surface area contributed by atoms with Gasteiger partial charge in [0, 0.05) is 5.56 Å². The molecule has 0 aliphatic rings. The predicted molar refractivity (Wildman–Crippen MR) is 47.4 cm³/mol. The van der Waals surface area contributed by atoms with Crippen LogP contribution in [0.2, 0.25) is 0 Å². The maximum Gasteiger partial charge on any atom is 0.197 e. The van der Waals surface area contributed by atoms with Gasteiger partial charge in [-0.1, -0.05) is 35.7 Å². The van der Waals surface area contributed by atoms with Crippen LogP contribution >= 0.6 is 0 Å². The fourth-order valence-corrected chi connectivity index (χ4v) is 1.04. The van der Waals surface area contributed by atoms with Gasteiger partial charge < -0.3 is 5.21 Å². The number of hydrogen-bond donors (Lipinski definition) is 2. The summed E-state index contributed by atoms with van der Waals surface area (Å²) in [6, 6.07) is 8.43. The van der Waals surface area contributed by atoms with Gasteiger partial charge in [0.15, 0.2) is 11.9 Å². The van der Waals surface area contributed by atoms with Crippen LogP contribution in [0.15, 0.2) is 30.3 Å². The van der Waals surface area contributed by atoms with Crippen LogP contribution in [-0.2, 0) is 4.84 Å². The molecule has 1 unspecified atom stereocenters. The summed E-state index contributed by atoms with van der Waals surface area (Å²) in [5.74, 6) is -0.340. The second-order valence-electron chi connectivity index (χ2n) is 2.76. The molecule has 1 rings (SSSR count). The van der Waals surface area contributed by atoms with E-state index in [1.165, 1.54) is 6.92 Å². The molecule has 1 aromatic carbocycles. The molecule has 2 N–H and O–H groups in total. The molecule has 0 aliphatic carbocycles. The van der Waals surface area contributed by atoms with Gasteiger partial charge in [0.1, 0.15) is 0 Å². The van der Waals surface area contributed by atoms with Crippen molar-refractivity contribution in [2.75, 3.05) is 0 Å². The number of hydrogen-bond acceptors (Lipinski definition) is 4. The largest absolute Gasteiger partial charge is 0.566 e. The maximum absolute atomic E-state index is 11.5. The molecular weight excluding hydrogens is 186 g/mol. The van der Waals surface area contributed by atoms with Crippen LogP contribution in [0.5, 0.6) is 0 Å². The second kappa shape index (κ2) is 4.83. The number of benzene rings is 1. The minimum absolute atomic E-state index is 0.340. The smallest absolute Gasteiger partial charge is 0.197 e. The van der Waals surface area contributed by atoms with E-state index in [1.54, 1.807) is 30.3 Å². The summed E-state index contributed by atoms with van der Waals surface area (Å²) in [7, 11) is 0. The lowest BCUT2D eigenvalue weighted by atomic mass is 10.1. The standard InChI is InChI=1S/C9H11NO4/c1-7(14-10(12)13)9(11)8-5-3-2-4-6-8/h2-7,10,12H,1H3/t7-/m0/s1. The zero-order chi connectivity index (χ0) is 10.6. The van der Waals surface area contributed by atoms with Crippen LogP contribution in [-0.4, -0.2) is 17.1 Å². The molecule has 76 valence electrons. The Balaban J connectivity index is 2.66. The third-order valence-corrected chi connectivity index (χ3v) is 1.71. The normalized spacial score (nSPS) is 14.8. The first-order chi connectivity index (χ1) is 6.61. The molecule has 0 radical (unpaired) electrons. The third-order valence-electron chi connectivity index (χ3n) is 1.71. The van der Waals surface area contributed by atoms with E-state index in [0.29, 0.717) is 5.56 Å². The molecule has 14 heavy (non-hydrogen) atoms. The SMILES string of the molecule is C[C@H](O[NH+]([O-])O)C(=O)c1ccccc1. The highest BCUT2D eigenvalue weighted by Crippen LogP contribution is 2.03. The van der Waals surface area contributed by atoms with Crippen molar-refractivity contribution in [2.45, 2.75) is 13.0 Å². The summed E-state index contributed by atoms with van der Waals surface area (Å²) >= 11 is 0. The van der Waals surface area contributed by atoms with Crippen molar-refractivity contribution in [1.82, 2.24) is 0 Å². The van der Waals surface area contributed by atoms with E-state index in [2.05, 4.69) is 4.84 Å². The molecule has 0 heterocycles. The predicted octanol–water partition coefficient (Wildman–Crippen LogP) is -0.0387. The molecule has 5 nitrogen and oxygen atoms in total. The van der Waals surface area contributed by atoms with E-state index in [1.807, 2.05) is 0 Å². The molecule has 2 atom stereocenters. The third kappa shape index (κ3) is 2.90. The first-order valence-corrected chi connectivity index (χ1v) is 4.10. The lowest BCUT2D eigenvalue weighted by molar-refractivity contribution is -1.21. The van der Waals surface area contributed by atoms with Crippen molar-refractivity contribution in [2.24, 2.45) is 0 Å². The van der Waals surface area contributed by atoms with Gasteiger partial charge >= 0.3 is 0 Å². The lowest BCUT2D eigenvalue weighted by Gasteiger charge is -2.15. The second-order valence-corrected chi connectivity index (χ2v) is 2.76. The average molecular weight is 197 g/mol. The van der Waals surface area contributed by atoms with Crippen molar-refractivity contribution in [3.05, 3.63) is 41.1 Å². The van der Waals surface area contributed by atoms with E-state index in [-0.39, 0.29) is 5.78 Å². The van der Waals surface area contributed by atoms with Gasteiger partial charge in [-0.25, -0.2) is 0 Å². The molecule has 0 bridgehead atoms. The summed E-state index contributed by atoms with van der Waals surface area (Å²) in [6.07, 6.45) is -0.963. The summed E-state index contributed by atoms with van der Waals surface area (Å²) < 4.78 is 0. The maximum atomic E-state index is 11.5. The van der Waals surface area contributed by atoms with Gasteiger partial charge in [-0.3, -0.25) is 4.79 Å². The van der Waals surface area contributed by atoms with Gasteiger partial charge in [-0.2, -0.15) is 10.0 Å². The molecule has 0 saturated carbocycles. The number of Topliss-reactive ketones (excluding diaryl/α,β-unsaturated/α-hetero) is 1. The zero-order valence-corrected chi connectivity index (χ0v) is 7.64. The van der Waals surface area contributed by atoms with Crippen molar-refractivity contribution >= 4 is 5.78 Å². The quantitative estimate of drug-likeness (QED) is 0.524. The van der Waals surface area contributed by atoms with Gasteiger partial charge in [0.05, 0.1) is 0 Å². The first kappa shape index (κ1) is 10.8. The number of nitrogens with one attached hydrogen (secondary N) is 1. The summed E-state index contributed by atoms with van der Waals surface area (Å²) in [5.41, 5.74) is 0.446. The van der Waals surface area contributed by atoms with E-state index in [0.717, 1.165) is 0 Å². The van der Waals surface area contributed by atoms with Crippen LogP contribution < -0.4 is 5.39 Å². The lowest BCUT2D eigenvalue weighted by Crippen LogP contribution is -3.04. The van der Waals surface area contributed by atoms with Crippen LogP contribution in [0.25, 0.3) is 0 Å². The Morgan fingerprint density at radius 2 is 2.07 bits per heavy atom. The van der Waals surface area contributed by atoms with Crippen molar-refractivity contribution < 1.29 is 20.2 Å². The minimum atomic E-state index is -1.44. The van der Waals surface area contributed by atoms with Crippen LogP contribution in [0.3, 0.4) is 0 Å². The average Bonchev–Trinajstić information content (AvgIpc) is 2.17. The fraction of sp³-hybridized carbons (Fsp3) is 0.222. The van der Waals surface area contributed by atoms with Crippen LogP contribution in [0.1, 0.15) is 17.3 Å². The highest BCUT2D eigenvalue weighted by molar-refractivity contribution is 5.99. The number of carbonyl (C=O) groups is 1. The summed E-state index contributed by atoms with van der Waals surface area (Å²) in [5, 5.41) is 17.0. The Morgan fingerprint density at radius 3 is 2.57 bits per heavy atom. The molecule has 0 amide bonds. The number of rotatable bonds is 4.